The van der Waals surface area contributed by atoms with E-state index in [1.165, 1.54) is 11.3 Å². The van der Waals surface area contributed by atoms with Crippen LogP contribution in [-0.4, -0.2) is 39.5 Å². The Balaban J connectivity index is 1.80. The number of amides is 1. The van der Waals surface area contributed by atoms with E-state index in [1.807, 2.05) is 29.3 Å². The Morgan fingerprint density at radius 2 is 2.25 bits per heavy atom. The van der Waals surface area contributed by atoms with Gasteiger partial charge < -0.3 is 10.0 Å². The van der Waals surface area contributed by atoms with Crippen molar-refractivity contribution >= 4 is 34.6 Å². The number of rotatable bonds is 5. The van der Waals surface area contributed by atoms with Gasteiger partial charge in [0.1, 0.15) is 9.88 Å². The highest BCUT2D eigenvalue weighted by atomic mass is 32.1. The lowest BCUT2D eigenvalue weighted by Crippen LogP contribution is -2.43. The van der Waals surface area contributed by atoms with Crippen molar-refractivity contribution in [2.24, 2.45) is 0 Å². The van der Waals surface area contributed by atoms with E-state index in [9.17, 15) is 9.59 Å². The van der Waals surface area contributed by atoms with Crippen molar-refractivity contribution in [1.29, 1.82) is 0 Å². The monoisotopic (exact) mass is 364 g/mol. The van der Waals surface area contributed by atoms with Gasteiger partial charge in [0.05, 0.1) is 10.6 Å². The smallest absolute Gasteiger partial charge is 0.303 e. The average molecular weight is 364 g/mol. The summed E-state index contributed by atoms with van der Waals surface area (Å²) in [5.74, 6) is -0.801. The lowest BCUT2D eigenvalue weighted by molar-refractivity contribution is -0.137. The number of aromatic nitrogens is 1. The summed E-state index contributed by atoms with van der Waals surface area (Å²) in [5.41, 5.74) is 0.760. The van der Waals surface area contributed by atoms with E-state index in [0.717, 1.165) is 34.8 Å². The molecule has 0 saturated carbocycles. The molecule has 3 heterocycles. The third-order valence-corrected chi connectivity index (χ3v) is 6.49. The normalized spacial score (nSPS) is 17.9. The number of aliphatic carboxylic acids is 1. The highest BCUT2D eigenvalue weighted by molar-refractivity contribution is 7.22. The molecule has 0 bridgehead atoms. The molecule has 1 aliphatic heterocycles. The Morgan fingerprint density at radius 3 is 2.96 bits per heavy atom. The van der Waals surface area contributed by atoms with E-state index in [1.54, 1.807) is 11.3 Å². The van der Waals surface area contributed by atoms with Gasteiger partial charge in [-0.25, -0.2) is 4.98 Å². The number of likely N-dealkylation sites (tertiary alicyclic amines) is 1. The quantitative estimate of drug-likeness (QED) is 0.869. The highest BCUT2D eigenvalue weighted by Gasteiger charge is 2.30. The zero-order chi connectivity index (χ0) is 17.1. The van der Waals surface area contributed by atoms with Gasteiger partial charge in [0.2, 0.25) is 0 Å². The molecular weight excluding hydrogens is 344 g/mol. The maximum Gasteiger partial charge on any atom is 0.303 e. The van der Waals surface area contributed by atoms with Gasteiger partial charge >= 0.3 is 5.97 Å². The molecule has 2 aromatic rings. The topological polar surface area (TPSA) is 70.5 Å². The fraction of sp³-hybridized carbons (Fsp3) is 0.471. The van der Waals surface area contributed by atoms with E-state index in [-0.39, 0.29) is 18.4 Å². The first-order valence-corrected chi connectivity index (χ1v) is 9.80. The fourth-order valence-electron chi connectivity index (χ4n) is 3.09. The molecule has 2 aromatic heterocycles. The number of carboxylic acids is 1. The van der Waals surface area contributed by atoms with Gasteiger partial charge in [-0.3, -0.25) is 9.59 Å². The molecule has 0 spiro atoms. The molecule has 128 valence electrons. The summed E-state index contributed by atoms with van der Waals surface area (Å²) in [6.45, 7) is 2.58. The first-order valence-electron chi connectivity index (χ1n) is 8.10. The number of thiophene rings is 1. The van der Waals surface area contributed by atoms with Crippen molar-refractivity contribution in [1.82, 2.24) is 9.88 Å². The number of aryl methyl sites for hydroxylation is 1. The number of hydrogen-bond donors (Lipinski definition) is 1. The van der Waals surface area contributed by atoms with Crippen LogP contribution in [0.1, 0.15) is 47.5 Å². The molecule has 7 heteroatoms. The van der Waals surface area contributed by atoms with Crippen LogP contribution >= 0.6 is 22.7 Å². The standard InChI is InChI=1S/C17H20N2O3S2/c1-11-15(24-16(18-11)13-6-4-10-23-13)17(22)19-9-3-2-5-12(19)7-8-14(20)21/h4,6,10,12H,2-3,5,7-9H2,1H3,(H,20,21). The summed E-state index contributed by atoms with van der Waals surface area (Å²) < 4.78 is 0. The van der Waals surface area contributed by atoms with Crippen LogP contribution in [0.2, 0.25) is 0 Å². The van der Waals surface area contributed by atoms with Crippen molar-refractivity contribution in [2.45, 2.75) is 45.1 Å². The molecule has 24 heavy (non-hydrogen) atoms. The predicted molar refractivity (Wildman–Crippen MR) is 95.7 cm³/mol. The Labute approximate surface area is 149 Å². The molecule has 1 fully saturated rings. The molecule has 5 nitrogen and oxygen atoms in total. The van der Waals surface area contributed by atoms with Crippen LogP contribution in [0, 0.1) is 6.92 Å². The molecule has 1 unspecified atom stereocenters. The van der Waals surface area contributed by atoms with E-state index < -0.39 is 5.97 Å². The van der Waals surface area contributed by atoms with Crippen molar-refractivity contribution in [3.63, 3.8) is 0 Å². The summed E-state index contributed by atoms with van der Waals surface area (Å²) in [4.78, 5) is 32.1. The minimum Gasteiger partial charge on any atom is -0.481 e. The van der Waals surface area contributed by atoms with Crippen LogP contribution in [-0.2, 0) is 4.79 Å². The molecule has 1 saturated heterocycles. The molecule has 1 atom stereocenters. The van der Waals surface area contributed by atoms with Crippen LogP contribution in [0.15, 0.2) is 17.5 Å². The fourth-order valence-corrected chi connectivity index (χ4v) is 4.91. The van der Waals surface area contributed by atoms with Crippen LogP contribution < -0.4 is 0 Å². The second kappa shape index (κ2) is 7.44. The molecular formula is C17H20N2O3S2. The number of carboxylic acid groups (broad SMARTS) is 1. The van der Waals surface area contributed by atoms with Crippen LogP contribution in [0.25, 0.3) is 9.88 Å². The largest absolute Gasteiger partial charge is 0.481 e. The van der Waals surface area contributed by atoms with Crippen LogP contribution in [0.4, 0.5) is 0 Å². The van der Waals surface area contributed by atoms with Crippen molar-refractivity contribution in [2.75, 3.05) is 6.54 Å². The zero-order valence-corrected chi connectivity index (χ0v) is 15.2. The summed E-state index contributed by atoms with van der Waals surface area (Å²) >= 11 is 3.05. The molecule has 0 aliphatic carbocycles. The van der Waals surface area contributed by atoms with Crippen molar-refractivity contribution < 1.29 is 14.7 Å². The van der Waals surface area contributed by atoms with Gasteiger partial charge in [0.15, 0.2) is 0 Å². The van der Waals surface area contributed by atoms with Crippen LogP contribution in [0.5, 0.6) is 0 Å². The van der Waals surface area contributed by atoms with Gasteiger partial charge in [-0.1, -0.05) is 6.07 Å². The number of nitrogens with zero attached hydrogens (tertiary/aromatic N) is 2. The molecule has 3 rings (SSSR count). The van der Waals surface area contributed by atoms with E-state index in [0.29, 0.717) is 17.8 Å². The van der Waals surface area contributed by atoms with Gasteiger partial charge in [-0.15, -0.1) is 22.7 Å². The number of carbonyl (C=O) groups is 2. The zero-order valence-electron chi connectivity index (χ0n) is 13.5. The number of carbonyl (C=O) groups excluding carboxylic acids is 1. The maximum atomic E-state index is 13.0. The summed E-state index contributed by atoms with van der Waals surface area (Å²) in [6.07, 6.45) is 3.54. The van der Waals surface area contributed by atoms with Crippen molar-refractivity contribution in [3.05, 3.63) is 28.1 Å². The Bertz CT molecular complexity index is 724. The molecule has 1 N–H and O–H groups in total. The third kappa shape index (κ3) is 3.67. The summed E-state index contributed by atoms with van der Waals surface area (Å²) in [6, 6.07) is 4.01. The highest BCUT2D eigenvalue weighted by Crippen LogP contribution is 2.33. The minimum atomic E-state index is -0.804. The van der Waals surface area contributed by atoms with Crippen molar-refractivity contribution in [3.8, 4) is 9.88 Å². The predicted octanol–water partition coefficient (Wildman–Crippen LogP) is 4.04. The third-order valence-electron chi connectivity index (χ3n) is 4.30. The lowest BCUT2D eigenvalue weighted by atomic mass is 9.97. The molecule has 1 amide bonds. The Morgan fingerprint density at radius 1 is 1.42 bits per heavy atom. The first-order chi connectivity index (χ1) is 11.6. The lowest BCUT2D eigenvalue weighted by Gasteiger charge is -2.35. The second-order valence-electron chi connectivity index (χ2n) is 5.99. The van der Waals surface area contributed by atoms with E-state index in [2.05, 4.69) is 4.98 Å². The van der Waals surface area contributed by atoms with E-state index >= 15 is 0 Å². The Hall–Kier alpha value is -1.73. The van der Waals surface area contributed by atoms with Gasteiger partial charge in [-0.05, 0) is 44.1 Å². The molecule has 0 radical (unpaired) electrons. The van der Waals surface area contributed by atoms with Gasteiger partial charge in [0, 0.05) is 19.0 Å². The van der Waals surface area contributed by atoms with Gasteiger partial charge in [0.25, 0.3) is 5.91 Å². The maximum absolute atomic E-state index is 13.0. The average Bonchev–Trinajstić information content (AvgIpc) is 3.22. The second-order valence-corrected chi connectivity index (χ2v) is 7.94. The first kappa shape index (κ1) is 17.1. The Kier molecular flexibility index (Phi) is 5.30. The number of hydrogen-bond acceptors (Lipinski definition) is 5. The minimum absolute atomic E-state index is 0.00268. The van der Waals surface area contributed by atoms with Crippen LogP contribution in [0.3, 0.4) is 0 Å². The SMILES string of the molecule is Cc1nc(-c2cccs2)sc1C(=O)N1CCCCC1CCC(=O)O. The molecule has 0 aromatic carbocycles. The molecule has 1 aliphatic rings. The number of piperidine rings is 1. The van der Waals surface area contributed by atoms with Gasteiger partial charge in [-0.2, -0.15) is 0 Å². The summed E-state index contributed by atoms with van der Waals surface area (Å²) in [5, 5.41) is 11.8. The number of thiazole rings is 1. The van der Waals surface area contributed by atoms with E-state index in [4.69, 9.17) is 5.11 Å². The summed E-state index contributed by atoms with van der Waals surface area (Å²) in [7, 11) is 0.